The second kappa shape index (κ2) is 9.37. The third-order valence-electron chi connectivity index (χ3n) is 5.32. The number of hydrogen-bond acceptors (Lipinski definition) is 3. The van der Waals surface area contributed by atoms with E-state index in [1.807, 2.05) is 11.8 Å². The number of anilines is 1. The molecule has 5 heteroatoms. The number of benzene rings is 1. The van der Waals surface area contributed by atoms with E-state index in [0.717, 1.165) is 37.4 Å². The van der Waals surface area contributed by atoms with Gasteiger partial charge in [0.25, 0.3) is 0 Å². The lowest BCUT2D eigenvalue weighted by atomic mass is 10.1. The molecular formula is C20H32N4S. The Balaban J connectivity index is 1.50. The Kier molecular flexibility index (Phi) is 6.91. The smallest absolute Gasteiger partial charge is 0.191 e. The molecular weight excluding hydrogens is 328 g/mol. The third kappa shape index (κ3) is 5.30. The summed E-state index contributed by atoms with van der Waals surface area (Å²) in [5.41, 5.74) is 1.34. The van der Waals surface area contributed by atoms with E-state index in [2.05, 4.69) is 59.0 Å². The van der Waals surface area contributed by atoms with E-state index in [0.29, 0.717) is 12.0 Å². The number of rotatable bonds is 6. The zero-order valence-electron chi connectivity index (χ0n) is 15.6. The zero-order valence-corrected chi connectivity index (χ0v) is 16.4. The Morgan fingerprint density at radius 1 is 1.24 bits per heavy atom. The van der Waals surface area contributed by atoms with Gasteiger partial charge in [-0.05, 0) is 56.9 Å². The number of para-hydroxylation sites is 1. The summed E-state index contributed by atoms with van der Waals surface area (Å²) in [6.07, 6.45) is 7.31. The van der Waals surface area contributed by atoms with Crippen LogP contribution in [-0.4, -0.2) is 49.7 Å². The van der Waals surface area contributed by atoms with Gasteiger partial charge in [-0.25, -0.2) is 0 Å². The van der Waals surface area contributed by atoms with Crippen molar-refractivity contribution < 1.29 is 0 Å². The molecule has 3 atom stereocenters. The first-order valence-electron chi connectivity index (χ1n) is 9.66. The van der Waals surface area contributed by atoms with Crippen molar-refractivity contribution in [3.05, 3.63) is 30.3 Å². The van der Waals surface area contributed by atoms with Crippen LogP contribution in [0.2, 0.25) is 0 Å². The van der Waals surface area contributed by atoms with Crippen LogP contribution in [0.4, 0.5) is 5.69 Å². The number of thioether (sulfide) groups is 1. The van der Waals surface area contributed by atoms with Gasteiger partial charge in [0.2, 0.25) is 0 Å². The molecule has 1 aromatic carbocycles. The van der Waals surface area contributed by atoms with Gasteiger partial charge in [-0.15, -0.1) is 0 Å². The van der Waals surface area contributed by atoms with E-state index < -0.39 is 0 Å². The summed E-state index contributed by atoms with van der Waals surface area (Å²) in [4.78, 5) is 7.39. The summed E-state index contributed by atoms with van der Waals surface area (Å²) in [5.74, 6) is 1.66. The van der Waals surface area contributed by atoms with Gasteiger partial charge in [-0.3, -0.25) is 4.99 Å². The van der Waals surface area contributed by atoms with Crippen molar-refractivity contribution in [1.82, 2.24) is 10.6 Å². The van der Waals surface area contributed by atoms with E-state index >= 15 is 0 Å². The highest BCUT2D eigenvalue weighted by molar-refractivity contribution is 7.99. The van der Waals surface area contributed by atoms with Crippen molar-refractivity contribution in [2.75, 3.05) is 37.3 Å². The van der Waals surface area contributed by atoms with Crippen LogP contribution in [0.3, 0.4) is 0 Å². The van der Waals surface area contributed by atoms with Gasteiger partial charge in [-0.2, -0.15) is 11.8 Å². The maximum absolute atomic E-state index is 4.90. The second-order valence-electron chi connectivity index (χ2n) is 7.17. The van der Waals surface area contributed by atoms with Crippen molar-refractivity contribution in [2.45, 2.75) is 43.9 Å². The molecule has 1 aromatic rings. The average Bonchev–Trinajstić information content (AvgIpc) is 3.30. The quantitative estimate of drug-likeness (QED) is 0.603. The Morgan fingerprint density at radius 3 is 2.80 bits per heavy atom. The molecule has 2 fully saturated rings. The van der Waals surface area contributed by atoms with E-state index in [1.165, 1.54) is 31.4 Å². The highest BCUT2D eigenvalue weighted by atomic mass is 32.2. The van der Waals surface area contributed by atoms with E-state index in [4.69, 9.17) is 4.99 Å². The van der Waals surface area contributed by atoms with Gasteiger partial charge in [0.1, 0.15) is 0 Å². The SMILES string of the molecule is CCNC(=NCC1CCN(c2ccccc2)C1)NC1CCC(SC)C1. The molecule has 0 spiro atoms. The van der Waals surface area contributed by atoms with Gasteiger partial charge in [0.05, 0.1) is 0 Å². The fourth-order valence-electron chi connectivity index (χ4n) is 3.87. The van der Waals surface area contributed by atoms with Crippen LogP contribution in [0.1, 0.15) is 32.6 Å². The van der Waals surface area contributed by atoms with Crippen LogP contribution >= 0.6 is 11.8 Å². The van der Waals surface area contributed by atoms with Gasteiger partial charge < -0.3 is 15.5 Å². The molecule has 0 aromatic heterocycles. The Labute approximate surface area is 156 Å². The molecule has 2 aliphatic rings. The molecule has 1 aliphatic carbocycles. The molecule has 1 heterocycles. The molecule has 1 saturated carbocycles. The number of hydrogen-bond donors (Lipinski definition) is 2. The van der Waals surface area contributed by atoms with E-state index in [1.54, 1.807) is 0 Å². The summed E-state index contributed by atoms with van der Waals surface area (Å²) >= 11 is 2.00. The molecule has 138 valence electrons. The summed E-state index contributed by atoms with van der Waals surface area (Å²) in [6, 6.07) is 11.3. The molecule has 2 N–H and O–H groups in total. The topological polar surface area (TPSA) is 39.7 Å². The fraction of sp³-hybridized carbons (Fsp3) is 0.650. The van der Waals surface area contributed by atoms with Crippen LogP contribution in [0.25, 0.3) is 0 Å². The highest BCUT2D eigenvalue weighted by Crippen LogP contribution is 2.28. The fourth-order valence-corrected chi connectivity index (χ4v) is 4.67. The average molecular weight is 361 g/mol. The van der Waals surface area contributed by atoms with Crippen molar-refractivity contribution in [3.8, 4) is 0 Å². The minimum Gasteiger partial charge on any atom is -0.371 e. The van der Waals surface area contributed by atoms with Crippen molar-refractivity contribution in [2.24, 2.45) is 10.9 Å². The molecule has 3 rings (SSSR count). The lowest BCUT2D eigenvalue weighted by molar-refractivity contribution is 0.584. The molecule has 3 unspecified atom stereocenters. The number of nitrogens with zero attached hydrogens (tertiary/aromatic N) is 2. The third-order valence-corrected chi connectivity index (χ3v) is 6.41. The summed E-state index contributed by atoms with van der Waals surface area (Å²) in [6.45, 7) is 6.24. The van der Waals surface area contributed by atoms with Gasteiger partial charge in [-0.1, -0.05) is 18.2 Å². The molecule has 4 nitrogen and oxygen atoms in total. The summed E-state index contributed by atoms with van der Waals surface area (Å²) in [7, 11) is 0. The first-order chi connectivity index (χ1) is 12.3. The minimum atomic E-state index is 0.583. The summed E-state index contributed by atoms with van der Waals surface area (Å²) < 4.78 is 0. The number of aliphatic imine (C=N–C) groups is 1. The maximum atomic E-state index is 4.90. The molecule has 0 radical (unpaired) electrons. The van der Waals surface area contributed by atoms with Crippen LogP contribution in [0.15, 0.2) is 35.3 Å². The van der Waals surface area contributed by atoms with E-state index in [9.17, 15) is 0 Å². The number of guanidine groups is 1. The summed E-state index contributed by atoms with van der Waals surface area (Å²) in [5, 5.41) is 7.90. The molecule has 1 aliphatic heterocycles. The second-order valence-corrected chi connectivity index (χ2v) is 8.31. The molecule has 0 amide bonds. The normalized spacial score (nSPS) is 26.9. The Morgan fingerprint density at radius 2 is 2.08 bits per heavy atom. The maximum Gasteiger partial charge on any atom is 0.191 e. The van der Waals surface area contributed by atoms with Gasteiger partial charge in [0.15, 0.2) is 5.96 Å². The van der Waals surface area contributed by atoms with Crippen molar-refractivity contribution in [3.63, 3.8) is 0 Å². The van der Waals surface area contributed by atoms with Gasteiger partial charge in [0, 0.05) is 43.2 Å². The Hall–Kier alpha value is -1.36. The molecule has 0 bridgehead atoms. The van der Waals surface area contributed by atoms with Gasteiger partial charge >= 0.3 is 0 Å². The minimum absolute atomic E-state index is 0.583. The lowest BCUT2D eigenvalue weighted by Gasteiger charge is -2.19. The molecule has 25 heavy (non-hydrogen) atoms. The zero-order chi connectivity index (χ0) is 17.5. The van der Waals surface area contributed by atoms with Crippen LogP contribution in [0.5, 0.6) is 0 Å². The van der Waals surface area contributed by atoms with Crippen molar-refractivity contribution >= 4 is 23.4 Å². The lowest BCUT2D eigenvalue weighted by Crippen LogP contribution is -2.43. The van der Waals surface area contributed by atoms with Crippen LogP contribution in [-0.2, 0) is 0 Å². The van der Waals surface area contributed by atoms with Crippen LogP contribution < -0.4 is 15.5 Å². The Bertz CT molecular complexity index is 548. The number of nitrogens with one attached hydrogen (secondary N) is 2. The first kappa shape index (κ1) is 18.4. The predicted molar refractivity (Wildman–Crippen MR) is 111 cm³/mol. The monoisotopic (exact) mass is 360 g/mol. The standard InChI is InChI=1S/C20H32N4S/c1-3-21-20(23-17-9-10-19(13-17)25-2)22-14-16-11-12-24(15-16)18-7-5-4-6-8-18/h4-8,16-17,19H,3,9-15H2,1-2H3,(H2,21,22,23). The first-order valence-corrected chi connectivity index (χ1v) is 10.9. The largest absolute Gasteiger partial charge is 0.371 e. The van der Waals surface area contributed by atoms with Crippen LogP contribution in [0, 0.1) is 5.92 Å². The van der Waals surface area contributed by atoms with E-state index in [-0.39, 0.29) is 0 Å². The van der Waals surface area contributed by atoms with Crippen molar-refractivity contribution in [1.29, 1.82) is 0 Å². The highest BCUT2D eigenvalue weighted by Gasteiger charge is 2.25. The predicted octanol–water partition coefficient (Wildman–Crippen LogP) is 3.35. The molecule has 1 saturated heterocycles.